The van der Waals surface area contributed by atoms with Gasteiger partial charge in [0.1, 0.15) is 5.69 Å². The number of aliphatic hydroxyl groups is 1. The van der Waals surface area contributed by atoms with Gasteiger partial charge >= 0.3 is 0 Å². The third-order valence-corrected chi connectivity index (χ3v) is 3.61. The maximum atomic E-state index is 12.3. The second-order valence-electron chi connectivity index (χ2n) is 5.49. The van der Waals surface area contributed by atoms with E-state index < -0.39 is 5.54 Å². The van der Waals surface area contributed by atoms with Crippen molar-refractivity contribution in [1.29, 1.82) is 0 Å². The summed E-state index contributed by atoms with van der Waals surface area (Å²) in [5.41, 5.74) is 0.298. The molecule has 1 saturated carbocycles. The average Bonchev–Trinajstić information content (AvgIpc) is 3.01. The molecule has 1 aliphatic rings. The van der Waals surface area contributed by atoms with Crippen molar-refractivity contribution in [2.45, 2.75) is 44.7 Å². The van der Waals surface area contributed by atoms with E-state index in [1.165, 1.54) is 0 Å². The van der Waals surface area contributed by atoms with Gasteiger partial charge < -0.3 is 15.0 Å². The predicted octanol–water partition coefficient (Wildman–Crippen LogP) is 2.48. The third kappa shape index (κ3) is 3.14. The predicted molar refractivity (Wildman–Crippen MR) is 73.7 cm³/mol. The van der Waals surface area contributed by atoms with Crippen LogP contribution in [0.15, 0.2) is 16.7 Å². The highest BCUT2D eigenvalue weighted by molar-refractivity contribution is 9.10. The number of amides is 1. The van der Waals surface area contributed by atoms with Crippen molar-refractivity contribution in [2.75, 3.05) is 6.61 Å². The first-order valence-electron chi connectivity index (χ1n) is 6.24. The van der Waals surface area contributed by atoms with Crippen molar-refractivity contribution in [1.82, 2.24) is 9.88 Å². The highest BCUT2D eigenvalue weighted by Crippen LogP contribution is 2.37. The lowest BCUT2D eigenvalue weighted by molar-refractivity contribution is 0.0889. The van der Waals surface area contributed by atoms with E-state index in [4.69, 9.17) is 5.11 Å². The highest BCUT2D eigenvalue weighted by Gasteiger charge is 2.29. The number of carbonyl (C=O) groups is 1. The quantitative estimate of drug-likeness (QED) is 0.877. The molecular formula is C13H19BrN2O2. The molecule has 1 amide bonds. The fourth-order valence-corrected chi connectivity index (χ4v) is 2.43. The van der Waals surface area contributed by atoms with Gasteiger partial charge in [-0.2, -0.15) is 0 Å². The van der Waals surface area contributed by atoms with Gasteiger partial charge in [-0.15, -0.1) is 0 Å². The number of halogens is 1. The first kappa shape index (κ1) is 13.6. The van der Waals surface area contributed by atoms with E-state index in [1.807, 2.05) is 30.7 Å². The Kier molecular flexibility index (Phi) is 3.82. The zero-order valence-electron chi connectivity index (χ0n) is 10.7. The molecular weight excluding hydrogens is 296 g/mol. The van der Waals surface area contributed by atoms with Gasteiger partial charge in [0.2, 0.25) is 0 Å². The Bertz CT molecular complexity index is 450. The summed E-state index contributed by atoms with van der Waals surface area (Å²) in [7, 11) is 0. The molecule has 0 atom stereocenters. The molecule has 0 saturated heterocycles. The number of aromatic nitrogens is 1. The topological polar surface area (TPSA) is 54.3 Å². The zero-order chi connectivity index (χ0) is 13.3. The second-order valence-corrected chi connectivity index (χ2v) is 6.41. The average molecular weight is 315 g/mol. The summed E-state index contributed by atoms with van der Waals surface area (Å²) < 4.78 is 2.97. The van der Waals surface area contributed by atoms with Crippen LogP contribution >= 0.6 is 15.9 Å². The van der Waals surface area contributed by atoms with Crippen molar-refractivity contribution < 1.29 is 9.90 Å². The minimum atomic E-state index is -0.392. The van der Waals surface area contributed by atoms with Crippen LogP contribution in [0.1, 0.15) is 49.6 Å². The van der Waals surface area contributed by atoms with Crippen molar-refractivity contribution in [3.63, 3.8) is 0 Å². The summed E-state index contributed by atoms with van der Waals surface area (Å²) in [6, 6.07) is 2.32. The molecule has 5 heteroatoms. The van der Waals surface area contributed by atoms with Crippen LogP contribution in [0.3, 0.4) is 0 Å². The summed E-state index contributed by atoms with van der Waals surface area (Å²) in [6.07, 6.45) is 4.79. The van der Waals surface area contributed by atoms with E-state index in [-0.39, 0.29) is 12.5 Å². The maximum Gasteiger partial charge on any atom is 0.268 e. The van der Waals surface area contributed by atoms with E-state index in [9.17, 15) is 4.79 Å². The first-order chi connectivity index (χ1) is 8.43. The number of carbonyl (C=O) groups excluding carboxylic acids is 1. The van der Waals surface area contributed by atoms with Crippen molar-refractivity contribution in [2.24, 2.45) is 0 Å². The first-order valence-corrected chi connectivity index (χ1v) is 7.03. The number of nitrogens with zero attached hydrogens (tertiary/aromatic N) is 1. The molecule has 1 fully saturated rings. The molecule has 0 unspecified atom stereocenters. The number of hydrogen-bond acceptors (Lipinski definition) is 2. The summed E-state index contributed by atoms with van der Waals surface area (Å²) in [4.78, 5) is 12.3. The van der Waals surface area contributed by atoms with Crippen molar-refractivity contribution in [3.8, 4) is 0 Å². The summed E-state index contributed by atoms with van der Waals surface area (Å²) >= 11 is 3.42. The van der Waals surface area contributed by atoms with Crippen LogP contribution in [0.25, 0.3) is 0 Å². The molecule has 2 N–H and O–H groups in total. The van der Waals surface area contributed by atoms with Gasteiger partial charge in [0.25, 0.3) is 5.91 Å². The molecule has 18 heavy (non-hydrogen) atoms. The lowest BCUT2D eigenvalue weighted by Crippen LogP contribution is -2.44. The highest BCUT2D eigenvalue weighted by atomic mass is 79.9. The fraction of sp³-hybridized carbons (Fsp3) is 0.615. The van der Waals surface area contributed by atoms with Crippen LogP contribution in [0.2, 0.25) is 0 Å². The van der Waals surface area contributed by atoms with Crippen LogP contribution in [0, 0.1) is 0 Å². The molecule has 2 rings (SSSR count). The zero-order valence-corrected chi connectivity index (χ0v) is 12.3. The van der Waals surface area contributed by atoms with E-state index in [0.717, 1.165) is 17.3 Å². The molecule has 1 aromatic heterocycles. The Morgan fingerprint density at radius 3 is 2.83 bits per heavy atom. The molecule has 0 aromatic carbocycles. The second kappa shape index (κ2) is 5.05. The number of nitrogens with one attached hydrogen (secondary N) is 1. The lowest BCUT2D eigenvalue weighted by atomic mass is 10.0. The van der Waals surface area contributed by atoms with Gasteiger partial charge in [0, 0.05) is 28.9 Å². The summed E-state index contributed by atoms with van der Waals surface area (Å²) in [5.74, 6) is -0.0777. The molecule has 0 aliphatic heterocycles. The Morgan fingerprint density at radius 2 is 2.28 bits per heavy atom. The van der Waals surface area contributed by atoms with E-state index in [1.54, 1.807) is 0 Å². The Morgan fingerprint density at radius 1 is 1.61 bits per heavy atom. The minimum absolute atomic E-state index is 0.0701. The molecule has 100 valence electrons. The standard InChI is InChI=1S/C13H19BrN2O2/c1-13(2,5-6-17)15-12(18)11-7-9(14)8-16(11)10-3-4-10/h7-8,10,17H,3-6H2,1-2H3,(H,15,18). The molecule has 0 spiro atoms. The molecule has 1 aromatic rings. The van der Waals surface area contributed by atoms with E-state index >= 15 is 0 Å². The number of hydrogen-bond donors (Lipinski definition) is 2. The van der Waals surface area contributed by atoms with Crippen LogP contribution in [-0.2, 0) is 0 Å². The molecule has 0 radical (unpaired) electrons. The number of rotatable bonds is 5. The smallest absolute Gasteiger partial charge is 0.268 e. The molecule has 1 heterocycles. The Labute approximate surface area is 116 Å². The minimum Gasteiger partial charge on any atom is -0.396 e. The van der Waals surface area contributed by atoms with Crippen LogP contribution < -0.4 is 5.32 Å². The maximum absolute atomic E-state index is 12.3. The fourth-order valence-electron chi connectivity index (χ4n) is 2.00. The van der Waals surface area contributed by atoms with E-state index in [0.29, 0.717) is 18.2 Å². The Balaban J connectivity index is 2.13. The van der Waals surface area contributed by atoms with Crippen LogP contribution in [0.4, 0.5) is 0 Å². The van der Waals surface area contributed by atoms with Gasteiger partial charge in [-0.25, -0.2) is 0 Å². The van der Waals surface area contributed by atoms with Crippen LogP contribution in [0.5, 0.6) is 0 Å². The lowest BCUT2D eigenvalue weighted by Gasteiger charge is -2.25. The summed E-state index contributed by atoms with van der Waals surface area (Å²) in [5, 5.41) is 11.9. The van der Waals surface area contributed by atoms with Gasteiger partial charge in [0.15, 0.2) is 0 Å². The van der Waals surface area contributed by atoms with Gasteiger partial charge in [-0.05, 0) is 55.1 Å². The van der Waals surface area contributed by atoms with Crippen molar-refractivity contribution >= 4 is 21.8 Å². The van der Waals surface area contributed by atoms with Crippen molar-refractivity contribution in [3.05, 3.63) is 22.4 Å². The molecule has 1 aliphatic carbocycles. The third-order valence-electron chi connectivity index (χ3n) is 3.18. The largest absolute Gasteiger partial charge is 0.396 e. The number of aliphatic hydroxyl groups excluding tert-OH is 1. The molecule has 0 bridgehead atoms. The Hall–Kier alpha value is -0.810. The monoisotopic (exact) mass is 314 g/mol. The SMILES string of the molecule is CC(C)(CCO)NC(=O)c1cc(Br)cn1C1CC1. The van der Waals surface area contributed by atoms with Gasteiger partial charge in [-0.3, -0.25) is 4.79 Å². The normalized spacial score (nSPS) is 15.8. The van der Waals surface area contributed by atoms with E-state index in [2.05, 4.69) is 21.2 Å². The van der Waals surface area contributed by atoms with Gasteiger partial charge in [0.05, 0.1) is 0 Å². The summed E-state index contributed by atoms with van der Waals surface area (Å²) in [6.45, 7) is 3.90. The van der Waals surface area contributed by atoms with Crippen LogP contribution in [-0.4, -0.2) is 27.7 Å². The van der Waals surface area contributed by atoms with Gasteiger partial charge in [-0.1, -0.05) is 0 Å². The molecule has 4 nitrogen and oxygen atoms in total.